The maximum Gasteiger partial charge on any atom is 0.311 e. The Morgan fingerprint density at radius 1 is 1.33 bits per heavy atom. The van der Waals surface area contributed by atoms with Gasteiger partial charge in [-0.15, -0.1) is 0 Å². The van der Waals surface area contributed by atoms with Crippen LogP contribution in [0.15, 0.2) is 0 Å². The number of piperidine rings is 1. The molecule has 0 unspecified atom stereocenters. The number of carboxylic acids is 1. The van der Waals surface area contributed by atoms with Crippen LogP contribution in [-0.4, -0.2) is 49.3 Å². The van der Waals surface area contributed by atoms with E-state index in [1.165, 1.54) is 0 Å². The molecule has 0 spiro atoms. The van der Waals surface area contributed by atoms with Gasteiger partial charge >= 0.3 is 5.97 Å². The van der Waals surface area contributed by atoms with E-state index in [2.05, 4.69) is 10.6 Å². The number of carboxylic acid groups (broad SMARTS) is 1. The van der Waals surface area contributed by atoms with Crippen molar-refractivity contribution in [1.82, 2.24) is 10.6 Å². The largest absolute Gasteiger partial charge is 0.481 e. The maximum atomic E-state index is 11.5. The fourth-order valence-electron chi connectivity index (χ4n) is 2.09. The summed E-state index contributed by atoms with van der Waals surface area (Å²) in [7, 11) is 0. The second-order valence-corrected chi connectivity index (χ2v) is 5.12. The fraction of sp³-hybridized carbons (Fsp3) is 0.833. The summed E-state index contributed by atoms with van der Waals surface area (Å²) in [5, 5.41) is 14.8. The van der Waals surface area contributed by atoms with E-state index in [-0.39, 0.29) is 25.2 Å². The van der Waals surface area contributed by atoms with E-state index in [0.717, 1.165) is 25.9 Å². The molecule has 2 fully saturated rings. The molecule has 0 aromatic rings. The van der Waals surface area contributed by atoms with Gasteiger partial charge in [-0.1, -0.05) is 0 Å². The third-order valence-electron chi connectivity index (χ3n) is 3.67. The van der Waals surface area contributed by atoms with Crippen molar-refractivity contribution in [1.29, 1.82) is 0 Å². The Morgan fingerprint density at radius 3 is 2.56 bits per heavy atom. The van der Waals surface area contributed by atoms with E-state index in [1.54, 1.807) is 0 Å². The molecular formula is C12H20N2O4. The zero-order valence-electron chi connectivity index (χ0n) is 10.4. The molecule has 1 amide bonds. The molecule has 0 radical (unpaired) electrons. The normalized spacial score (nSPS) is 22.4. The second kappa shape index (κ2) is 5.67. The molecule has 18 heavy (non-hydrogen) atoms. The molecule has 2 aliphatic rings. The van der Waals surface area contributed by atoms with Crippen LogP contribution in [-0.2, 0) is 14.3 Å². The molecule has 102 valence electrons. The number of hydrogen-bond donors (Lipinski definition) is 3. The number of ether oxygens (including phenoxy) is 1. The summed E-state index contributed by atoms with van der Waals surface area (Å²) >= 11 is 0. The molecule has 1 saturated heterocycles. The van der Waals surface area contributed by atoms with E-state index >= 15 is 0 Å². The van der Waals surface area contributed by atoms with Crippen molar-refractivity contribution in [2.24, 2.45) is 5.41 Å². The molecule has 3 N–H and O–H groups in total. The van der Waals surface area contributed by atoms with E-state index in [9.17, 15) is 9.59 Å². The topological polar surface area (TPSA) is 87.7 Å². The minimum Gasteiger partial charge on any atom is -0.481 e. The average Bonchev–Trinajstić information content (AvgIpc) is 3.16. The maximum absolute atomic E-state index is 11.5. The van der Waals surface area contributed by atoms with Gasteiger partial charge in [0, 0.05) is 6.54 Å². The van der Waals surface area contributed by atoms with Gasteiger partial charge in [-0.2, -0.15) is 0 Å². The standard InChI is InChI=1S/C12H20N2O4/c15-10(7-18-9-1-5-13-6-2-9)14-8-12(3-4-12)11(16)17/h9,13H,1-8H2,(H,14,15)(H,16,17). The first-order valence-corrected chi connectivity index (χ1v) is 6.45. The molecular weight excluding hydrogens is 236 g/mol. The number of carbonyl (C=O) groups is 2. The molecule has 1 heterocycles. The third kappa shape index (κ3) is 3.43. The zero-order valence-corrected chi connectivity index (χ0v) is 10.4. The SMILES string of the molecule is O=C(COC1CCNCC1)NCC1(C(=O)O)CC1. The van der Waals surface area contributed by atoms with Crippen LogP contribution >= 0.6 is 0 Å². The molecule has 2 rings (SSSR count). The van der Waals surface area contributed by atoms with Gasteiger partial charge in [-0.25, -0.2) is 0 Å². The predicted octanol–water partition coefficient (Wildman–Crippen LogP) is -0.264. The highest BCUT2D eigenvalue weighted by atomic mass is 16.5. The average molecular weight is 256 g/mol. The highest BCUT2D eigenvalue weighted by Crippen LogP contribution is 2.45. The number of nitrogens with one attached hydrogen (secondary N) is 2. The molecule has 1 aliphatic carbocycles. The summed E-state index contributed by atoms with van der Waals surface area (Å²) in [5.41, 5.74) is -0.704. The molecule has 0 atom stereocenters. The van der Waals surface area contributed by atoms with E-state index < -0.39 is 11.4 Å². The Morgan fingerprint density at radius 2 is 2.00 bits per heavy atom. The van der Waals surface area contributed by atoms with Crippen molar-refractivity contribution in [3.8, 4) is 0 Å². The van der Waals surface area contributed by atoms with Gasteiger partial charge in [0.05, 0.1) is 11.5 Å². The Bertz CT molecular complexity index is 322. The lowest BCUT2D eigenvalue weighted by atomic mass is 10.1. The van der Waals surface area contributed by atoms with Crippen LogP contribution in [0.25, 0.3) is 0 Å². The number of carbonyl (C=O) groups excluding carboxylic acids is 1. The van der Waals surface area contributed by atoms with Crippen LogP contribution < -0.4 is 10.6 Å². The van der Waals surface area contributed by atoms with Crippen molar-refractivity contribution >= 4 is 11.9 Å². The quantitative estimate of drug-likeness (QED) is 0.609. The molecule has 1 saturated carbocycles. The van der Waals surface area contributed by atoms with Crippen LogP contribution in [0.2, 0.25) is 0 Å². The van der Waals surface area contributed by atoms with Crippen LogP contribution in [0.5, 0.6) is 0 Å². The summed E-state index contributed by atoms with van der Waals surface area (Å²) in [6.07, 6.45) is 3.29. The van der Waals surface area contributed by atoms with Gasteiger partial charge in [0.2, 0.25) is 5.91 Å². The second-order valence-electron chi connectivity index (χ2n) is 5.12. The van der Waals surface area contributed by atoms with Crippen LogP contribution in [0.1, 0.15) is 25.7 Å². The summed E-state index contributed by atoms with van der Waals surface area (Å²) in [5.74, 6) is -1.04. The molecule has 6 nitrogen and oxygen atoms in total. The Kier molecular flexibility index (Phi) is 4.19. The fourth-order valence-corrected chi connectivity index (χ4v) is 2.09. The minimum atomic E-state index is -0.818. The van der Waals surface area contributed by atoms with E-state index in [1.807, 2.05) is 0 Å². The molecule has 0 bridgehead atoms. The minimum absolute atomic E-state index is 0.0281. The van der Waals surface area contributed by atoms with Gasteiger partial charge in [0.15, 0.2) is 0 Å². The van der Waals surface area contributed by atoms with Crippen LogP contribution in [0, 0.1) is 5.41 Å². The van der Waals surface area contributed by atoms with Crippen molar-refractivity contribution < 1.29 is 19.4 Å². The lowest BCUT2D eigenvalue weighted by Gasteiger charge is -2.22. The van der Waals surface area contributed by atoms with E-state index in [4.69, 9.17) is 9.84 Å². The zero-order chi connectivity index (χ0) is 13.0. The Labute approximate surface area is 106 Å². The van der Waals surface area contributed by atoms with Crippen molar-refractivity contribution in [3.05, 3.63) is 0 Å². The Hall–Kier alpha value is -1.14. The summed E-state index contributed by atoms with van der Waals surface area (Å²) in [6.45, 7) is 2.10. The van der Waals surface area contributed by atoms with Crippen LogP contribution in [0.3, 0.4) is 0 Å². The molecule has 0 aromatic carbocycles. The number of rotatable bonds is 6. The van der Waals surface area contributed by atoms with Gasteiger partial charge in [0.1, 0.15) is 6.61 Å². The van der Waals surface area contributed by atoms with Gasteiger partial charge in [-0.3, -0.25) is 9.59 Å². The van der Waals surface area contributed by atoms with E-state index in [0.29, 0.717) is 12.8 Å². The lowest BCUT2D eigenvalue weighted by molar-refractivity contribution is -0.143. The summed E-state index contributed by atoms with van der Waals surface area (Å²) in [4.78, 5) is 22.4. The number of amides is 1. The third-order valence-corrected chi connectivity index (χ3v) is 3.67. The van der Waals surface area contributed by atoms with Crippen molar-refractivity contribution in [3.63, 3.8) is 0 Å². The van der Waals surface area contributed by atoms with Gasteiger partial charge in [0.25, 0.3) is 0 Å². The van der Waals surface area contributed by atoms with Crippen LogP contribution in [0.4, 0.5) is 0 Å². The highest BCUT2D eigenvalue weighted by Gasteiger charge is 2.50. The number of aliphatic carboxylic acids is 1. The summed E-state index contributed by atoms with van der Waals surface area (Å²) < 4.78 is 5.49. The monoisotopic (exact) mass is 256 g/mol. The molecule has 6 heteroatoms. The summed E-state index contributed by atoms with van der Waals surface area (Å²) in [6, 6.07) is 0. The molecule has 1 aliphatic heterocycles. The first-order chi connectivity index (χ1) is 8.62. The van der Waals surface area contributed by atoms with Crippen molar-refractivity contribution in [2.45, 2.75) is 31.8 Å². The Balaban J connectivity index is 1.62. The van der Waals surface area contributed by atoms with Crippen molar-refractivity contribution in [2.75, 3.05) is 26.2 Å². The van der Waals surface area contributed by atoms with Gasteiger partial charge in [-0.05, 0) is 38.8 Å². The first kappa shape index (κ1) is 13.3. The predicted molar refractivity (Wildman–Crippen MR) is 64.2 cm³/mol. The highest BCUT2D eigenvalue weighted by molar-refractivity contribution is 5.81. The lowest BCUT2D eigenvalue weighted by Crippen LogP contribution is -2.38. The van der Waals surface area contributed by atoms with Gasteiger partial charge < -0.3 is 20.5 Å². The molecule has 0 aromatic heterocycles. The number of hydrogen-bond acceptors (Lipinski definition) is 4. The first-order valence-electron chi connectivity index (χ1n) is 6.45. The smallest absolute Gasteiger partial charge is 0.311 e.